The summed E-state index contributed by atoms with van der Waals surface area (Å²) in [5, 5.41) is 5.00. The molecule has 26 heavy (non-hydrogen) atoms. The Hall–Kier alpha value is -2.94. The number of aromatic nitrogens is 1. The molecule has 136 valence electrons. The van der Waals surface area contributed by atoms with Gasteiger partial charge in [0.05, 0.1) is 11.4 Å². The number of pyridine rings is 1. The van der Waals surface area contributed by atoms with Crippen molar-refractivity contribution in [1.29, 1.82) is 0 Å². The predicted octanol–water partition coefficient (Wildman–Crippen LogP) is 0.876. The third-order valence-corrected chi connectivity index (χ3v) is 5.77. The highest BCUT2D eigenvalue weighted by Crippen LogP contribution is 2.26. The Labute approximate surface area is 151 Å². The maximum atomic E-state index is 12.0. The Morgan fingerprint density at radius 3 is 2.58 bits per heavy atom. The van der Waals surface area contributed by atoms with Crippen LogP contribution in [-0.2, 0) is 26.2 Å². The van der Waals surface area contributed by atoms with Gasteiger partial charge in [-0.15, -0.1) is 0 Å². The first kappa shape index (κ1) is 17.9. The summed E-state index contributed by atoms with van der Waals surface area (Å²) in [6.45, 7) is 0.618. The van der Waals surface area contributed by atoms with Crippen molar-refractivity contribution in [3.05, 3.63) is 54.4 Å². The summed E-state index contributed by atoms with van der Waals surface area (Å²) < 4.78 is 25.3. The molecule has 1 aromatic carbocycles. The second-order valence-corrected chi connectivity index (χ2v) is 7.80. The van der Waals surface area contributed by atoms with Gasteiger partial charge in [-0.25, -0.2) is 8.42 Å². The summed E-state index contributed by atoms with van der Waals surface area (Å²) in [5.74, 6) is -1.48. The summed E-state index contributed by atoms with van der Waals surface area (Å²) in [4.78, 5) is 27.8. The van der Waals surface area contributed by atoms with Crippen LogP contribution in [0.25, 0.3) is 0 Å². The minimum Gasteiger partial charge on any atom is -0.344 e. The van der Waals surface area contributed by atoms with Gasteiger partial charge in [0.25, 0.3) is 0 Å². The Kier molecular flexibility index (Phi) is 5.17. The minimum absolute atomic E-state index is 0.112. The van der Waals surface area contributed by atoms with E-state index in [1.807, 2.05) is 0 Å². The van der Waals surface area contributed by atoms with E-state index in [4.69, 9.17) is 0 Å². The molecule has 0 saturated carbocycles. The first-order valence-corrected chi connectivity index (χ1v) is 9.65. The molecule has 0 radical (unpaired) electrons. The number of anilines is 2. The lowest BCUT2D eigenvalue weighted by Gasteiger charge is -2.17. The molecule has 2 aromatic rings. The molecule has 0 spiro atoms. The molecule has 1 fully saturated rings. The van der Waals surface area contributed by atoms with E-state index in [1.165, 1.54) is 10.4 Å². The topological polar surface area (TPSA) is 108 Å². The van der Waals surface area contributed by atoms with Crippen molar-refractivity contribution >= 4 is 33.2 Å². The summed E-state index contributed by atoms with van der Waals surface area (Å²) in [6, 6.07) is 9.89. The van der Waals surface area contributed by atoms with Crippen LogP contribution >= 0.6 is 0 Å². The van der Waals surface area contributed by atoms with Gasteiger partial charge in [0.1, 0.15) is 0 Å². The highest BCUT2D eigenvalue weighted by Gasteiger charge is 2.28. The summed E-state index contributed by atoms with van der Waals surface area (Å²) >= 11 is 0. The fourth-order valence-corrected chi connectivity index (χ4v) is 4.18. The number of hydrogen-bond donors (Lipinski definition) is 2. The maximum absolute atomic E-state index is 12.0. The quantitative estimate of drug-likeness (QED) is 0.772. The molecule has 1 aliphatic rings. The first-order valence-electron chi connectivity index (χ1n) is 8.04. The molecule has 1 saturated heterocycles. The number of amides is 2. The molecule has 2 heterocycles. The number of carbonyl (C=O) groups excluding carboxylic acids is 2. The maximum Gasteiger partial charge on any atom is 0.313 e. The summed E-state index contributed by atoms with van der Waals surface area (Å²) in [7, 11) is -3.30. The SMILES string of the molecule is O=C(NCc1ccncc1)C(=O)Nc1cccc(N2CCCS2(=O)=O)c1. The van der Waals surface area contributed by atoms with Crippen LogP contribution < -0.4 is 14.9 Å². The fourth-order valence-electron chi connectivity index (χ4n) is 2.62. The first-order chi connectivity index (χ1) is 12.5. The van der Waals surface area contributed by atoms with Crippen LogP contribution in [0.15, 0.2) is 48.8 Å². The zero-order valence-corrected chi connectivity index (χ0v) is 14.7. The van der Waals surface area contributed by atoms with Crippen LogP contribution in [0.1, 0.15) is 12.0 Å². The average Bonchev–Trinajstić information content (AvgIpc) is 3.00. The molecule has 0 unspecified atom stereocenters. The van der Waals surface area contributed by atoms with Gasteiger partial charge in [-0.1, -0.05) is 6.07 Å². The molecule has 0 aliphatic carbocycles. The van der Waals surface area contributed by atoms with E-state index in [-0.39, 0.29) is 12.3 Å². The van der Waals surface area contributed by atoms with Crippen LogP contribution in [0.3, 0.4) is 0 Å². The molecule has 8 nitrogen and oxygen atoms in total. The van der Waals surface area contributed by atoms with E-state index in [0.29, 0.717) is 24.3 Å². The minimum atomic E-state index is -3.30. The Balaban J connectivity index is 1.62. The van der Waals surface area contributed by atoms with Gasteiger partial charge in [-0.2, -0.15) is 0 Å². The van der Waals surface area contributed by atoms with Gasteiger partial charge in [-0.3, -0.25) is 18.9 Å². The Morgan fingerprint density at radius 1 is 1.12 bits per heavy atom. The van der Waals surface area contributed by atoms with Crippen molar-refractivity contribution in [2.45, 2.75) is 13.0 Å². The molecular formula is C17H18N4O4S. The lowest BCUT2D eigenvalue weighted by atomic mass is 10.2. The Bertz CT molecular complexity index is 915. The smallest absolute Gasteiger partial charge is 0.313 e. The van der Waals surface area contributed by atoms with Crippen LogP contribution in [0, 0.1) is 0 Å². The standard InChI is InChI=1S/C17H18N4O4S/c22-16(19-12-13-5-7-18-8-6-13)17(23)20-14-3-1-4-15(11-14)21-9-2-10-26(21,24)25/h1,3-8,11H,2,9-10,12H2,(H,19,22)(H,20,23). The molecule has 3 rings (SSSR count). The van der Waals surface area contributed by atoms with Crippen molar-refractivity contribution < 1.29 is 18.0 Å². The lowest BCUT2D eigenvalue weighted by Crippen LogP contribution is -2.35. The van der Waals surface area contributed by atoms with Gasteiger partial charge in [0.15, 0.2) is 0 Å². The van der Waals surface area contributed by atoms with E-state index in [0.717, 1.165) is 5.56 Å². The Morgan fingerprint density at radius 2 is 1.88 bits per heavy atom. The van der Waals surface area contributed by atoms with Gasteiger partial charge < -0.3 is 10.6 Å². The highest BCUT2D eigenvalue weighted by molar-refractivity contribution is 7.93. The molecule has 1 aromatic heterocycles. The lowest BCUT2D eigenvalue weighted by molar-refractivity contribution is -0.136. The van der Waals surface area contributed by atoms with E-state index in [2.05, 4.69) is 15.6 Å². The van der Waals surface area contributed by atoms with E-state index in [1.54, 1.807) is 42.7 Å². The monoisotopic (exact) mass is 374 g/mol. The van der Waals surface area contributed by atoms with Crippen LogP contribution in [0.2, 0.25) is 0 Å². The van der Waals surface area contributed by atoms with Crippen LogP contribution in [0.5, 0.6) is 0 Å². The number of benzene rings is 1. The van der Waals surface area contributed by atoms with Gasteiger partial charge in [0.2, 0.25) is 10.0 Å². The molecule has 0 bridgehead atoms. The predicted molar refractivity (Wildman–Crippen MR) is 96.9 cm³/mol. The number of nitrogens with zero attached hydrogens (tertiary/aromatic N) is 2. The zero-order valence-electron chi connectivity index (χ0n) is 13.9. The number of sulfonamides is 1. The summed E-state index contributed by atoms with van der Waals surface area (Å²) in [5.41, 5.74) is 1.65. The fraction of sp³-hybridized carbons (Fsp3) is 0.235. The third kappa shape index (κ3) is 4.17. The summed E-state index contributed by atoms with van der Waals surface area (Å²) in [6.07, 6.45) is 3.76. The molecule has 1 aliphatic heterocycles. The number of nitrogens with one attached hydrogen (secondary N) is 2. The van der Waals surface area contributed by atoms with Crippen LogP contribution in [-0.4, -0.2) is 37.5 Å². The normalized spacial score (nSPS) is 15.5. The average molecular weight is 374 g/mol. The van der Waals surface area contributed by atoms with Crippen molar-refractivity contribution in [2.24, 2.45) is 0 Å². The number of rotatable bonds is 4. The van der Waals surface area contributed by atoms with Crippen molar-refractivity contribution in [3.8, 4) is 0 Å². The van der Waals surface area contributed by atoms with Crippen molar-refractivity contribution in [3.63, 3.8) is 0 Å². The van der Waals surface area contributed by atoms with E-state index in [9.17, 15) is 18.0 Å². The molecular weight excluding hydrogens is 356 g/mol. The molecule has 0 atom stereocenters. The molecule has 2 N–H and O–H groups in total. The van der Waals surface area contributed by atoms with Crippen molar-refractivity contribution in [2.75, 3.05) is 21.9 Å². The van der Waals surface area contributed by atoms with E-state index < -0.39 is 21.8 Å². The third-order valence-electron chi connectivity index (χ3n) is 3.90. The van der Waals surface area contributed by atoms with Gasteiger partial charge in [0, 0.05) is 31.2 Å². The number of hydrogen-bond acceptors (Lipinski definition) is 5. The molecule has 2 amide bonds. The zero-order chi connectivity index (χ0) is 18.6. The highest BCUT2D eigenvalue weighted by atomic mass is 32.2. The largest absolute Gasteiger partial charge is 0.344 e. The second-order valence-electron chi connectivity index (χ2n) is 5.78. The van der Waals surface area contributed by atoms with Crippen molar-refractivity contribution in [1.82, 2.24) is 10.3 Å². The van der Waals surface area contributed by atoms with Crippen LogP contribution in [0.4, 0.5) is 11.4 Å². The van der Waals surface area contributed by atoms with Gasteiger partial charge in [-0.05, 0) is 42.3 Å². The molecule has 9 heteroatoms. The van der Waals surface area contributed by atoms with Gasteiger partial charge >= 0.3 is 11.8 Å². The second kappa shape index (κ2) is 7.52. The van der Waals surface area contributed by atoms with E-state index >= 15 is 0 Å². The number of carbonyl (C=O) groups is 2.